The zero-order valence-electron chi connectivity index (χ0n) is 20.2. The van der Waals surface area contributed by atoms with Crippen molar-refractivity contribution in [3.8, 4) is 0 Å². The Kier molecular flexibility index (Phi) is 16.3. The number of carbonyl (C=O) groups excluding carboxylic acids is 1. The van der Waals surface area contributed by atoms with Crippen LogP contribution in [-0.2, 0) is 4.79 Å². The molecule has 0 spiro atoms. The predicted octanol–water partition coefficient (Wildman–Crippen LogP) is 6.59. The third kappa shape index (κ3) is 17.0. The Morgan fingerprint density at radius 3 is 1.72 bits per heavy atom. The molecule has 29 heavy (non-hydrogen) atoms. The molecule has 1 N–H and O–H groups in total. The second-order valence-electron chi connectivity index (χ2n) is 8.31. The first-order valence-electron chi connectivity index (χ1n) is 11.4. The van der Waals surface area contributed by atoms with Crippen LogP contribution in [0.25, 0.3) is 0 Å². The second-order valence-corrected chi connectivity index (χ2v) is 8.31. The number of amides is 1. The molecule has 0 aliphatic heterocycles. The van der Waals surface area contributed by atoms with Crippen LogP contribution in [0.1, 0.15) is 87.0 Å². The summed E-state index contributed by atoms with van der Waals surface area (Å²) in [6.45, 7) is 18.8. The van der Waals surface area contributed by atoms with Crippen LogP contribution in [0.4, 0.5) is 0 Å². The Morgan fingerprint density at radius 1 is 0.759 bits per heavy atom. The average Bonchev–Trinajstić information content (AvgIpc) is 2.65. The van der Waals surface area contributed by atoms with Crippen molar-refractivity contribution in [2.24, 2.45) is 0 Å². The first kappa shape index (κ1) is 27.4. The van der Waals surface area contributed by atoms with E-state index in [1.807, 2.05) is 6.92 Å². The minimum absolute atomic E-state index is 0.0316. The molecule has 0 bridgehead atoms. The van der Waals surface area contributed by atoms with Gasteiger partial charge in [-0.25, -0.2) is 0 Å². The molecule has 0 saturated carbocycles. The maximum absolute atomic E-state index is 12.0. The van der Waals surface area contributed by atoms with Crippen molar-refractivity contribution >= 4 is 5.91 Å². The maximum atomic E-state index is 12.0. The lowest BCUT2D eigenvalue weighted by atomic mass is 10.0. The number of allylic oxidation sites excluding steroid dienone is 7. The number of rotatable bonds is 15. The summed E-state index contributed by atoms with van der Waals surface area (Å²) in [5.41, 5.74) is 5.47. The van der Waals surface area contributed by atoms with Crippen molar-refractivity contribution in [1.29, 1.82) is 0 Å². The highest BCUT2D eigenvalue weighted by Crippen LogP contribution is 2.13. The predicted molar refractivity (Wildman–Crippen MR) is 129 cm³/mol. The first-order chi connectivity index (χ1) is 13.8. The quantitative estimate of drug-likeness (QED) is 0.247. The highest BCUT2D eigenvalue weighted by atomic mass is 16.1. The molecule has 3 heteroatoms. The lowest BCUT2D eigenvalue weighted by Gasteiger charge is -2.17. The minimum atomic E-state index is 0.0316. The molecule has 0 atom stereocenters. The van der Waals surface area contributed by atoms with E-state index in [-0.39, 0.29) is 5.91 Å². The first-order valence-corrected chi connectivity index (χ1v) is 11.4. The molecule has 0 unspecified atom stereocenters. The number of hydrogen-bond acceptors (Lipinski definition) is 2. The molecule has 0 fully saturated rings. The molecule has 0 aliphatic rings. The summed E-state index contributed by atoms with van der Waals surface area (Å²) >= 11 is 0. The van der Waals surface area contributed by atoms with Gasteiger partial charge in [-0.3, -0.25) is 4.79 Å². The van der Waals surface area contributed by atoms with Crippen LogP contribution < -0.4 is 5.32 Å². The summed E-state index contributed by atoms with van der Waals surface area (Å²) in [5.74, 6) is 0.0316. The van der Waals surface area contributed by atoms with Gasteiger partial charge in [0.1, 0.15) is 0 Å². The van der Waals surface area contributed by atoms with E-state index in [0.717, 1.165) is 63.7 Å². The fourth-order valence-electron chi connectivity index (χ4n) is 3.11. The van der Waals surface area contributed by atoms with Crippen LogP contribution >= 0.6 is 0 Å². The normalized spacial score (nSPS) is 13.0. The van der Waals surface area contributed by atoms with Gasteiger partial charge < -0.3 is 10.2 Å². The molecular formula is C26H46N2O. The number of nitrogens with one attached hydrogen (secondary N) is 1. The molecular weight excluding hydrogens is 356 g/mol. The fourth-order valence-corrected chi connectivity index (χ4v) is 3.11. The summed E-state index contributed by atoms with van der Waals surface area (Å²) < 4.78 is 0. The standard InChI is InChI=1S/C26H46N2O/c1-8-28(9-2)20-19-27-26(29)21-25(7)18-12-17-24(6)16-11-15-23(5)14-10-13-22(3)4/h13,15,17,21H,8-12,14,16,18-20H2,1-7H3,(H,27,29). The topological polar surface area (TPSA) is 32.3 Å². The number of hydrogen-bond donors (Lipinski definition) is 1. The monoisotopic (exact) mass is 402 g/mol. The van der Waals surface area contributed by atoms with E-state index in [9.17, 15) is 4.79 Å². The van der Waals surface area contributed by atoms with Crippen LogP contribution in [0.2, 0.25) is 0 Å². The van der Waals surface area contributed by atoms with E-state index in [1.165, 1.54) is 16.7 Å². The summed E-state index contributed by atoms with van der Waals surface area (Å²) in [5, 5.41) is 2.99. The largest absolute Gasteiger partial charge is 0.351 e. The van der Waals surface area contributed by atoms with E-state index in [0.29, 0.717) is 6.54 Å². The number of nitrogens with zero attached hydrogens (tertiary/aromatic N) is 1. The van der Waals surface area contributed by atoms with Gasteiger partial charge in [0.25, 0.3) is 0 Å². The summed E-state index contributed by atoms with van der Waals surface area (Å²) in [4.78, 5) is 14.3. The average molecular weight is 403 g/mol. The van der Waals surface area contributed by atoms with Crippen LogP contribution in [0.3, 0.4) is 0 Å². The van der Waals surface area contributed by atoms with Gasteiger partial charge in [0, 0.05) is 19.2 Å². The highest BCUT2D eigenvalue weighted by Gasteiger charge is 2.01. The van der Waals surface area contributed by atoms with Gasteiger partial charge in [-0.1, -0.05) is 54.4 Å². The molecule has 3 nitrogen and oxygen atoms in total. The van der Waals surface area contributed by atoms with Gasteiger partial charge in [0.2, 0.25) is 5.91 Å². The second kappa shape index (κ2) is 17.3. The summed E-state index contributed by atoms with van der Waals surface area (Å²) in [6.07, 6.45) is 15.3. The van der Waals surface area contributed by atoms with Gasteiger partial charge in [-0.05, 0) is 86.2 Å². The molecule has 0 aromatic heterocycles. The lowest BCUT2D eigenvalue weighted by Crippen LogP contribution is -2.34. The van der Waals surface area contributed by atoms with Crippen molar-refractivity contribution in [3.63, 3.8) is 0 Å². The lowest BCUT2D eigenvalue weighted by molar-refractivity contribution is -0.116. The highest BCUT2D eigenvalue weighted by molar-refractivity contribution is 5.88. The smallest absolute Gasteiger partial charge is 0.243 e. The Balaban J connectivity index is 4.11. The minimum Gasteiger partial charge on any atom is -0.351 e. The number of likely N-dealkylation sites (N-methyl/N-ethyl adjacent to an activating group) is 1. The van der Waals surface area contributed by atoms with Crippen LogP contribution in [0, 0.1) is 0 Å². The molecule has 0 rings (SSSR count). The molecule has 0 aromatic carbocycles. The van der Waals surface area contributed by atoms with E-state index in [2.05, 4.69) is 70.0 Å². The molecule has 166 valence electrons. The molecule has 0 radical (unpaired) electrons. The Hall–Kier alpha value is -1.61. The Bertz CT molecular complexity index is 574. The SMILES string of the molecule is CCN(CC)CCNC(=O)C=C(C)CCC=C(C)CCC=C(C)CCC=C(C)C. The fraction of sp³-hybridized carbons (Fsp3) is 0.654. The summed E-state index contributed by atoms with van der Waals surface area (Å²) in [6, 6.07) is 0. The van der Waals surface area contributed by atoms with Crippen LogP contribution in [0.15, 0.2) is 46.6 Å². The Morgan fingerprint density at radius 2 is 1.24 bits per heavy atom. The van der Waals surface area contributed by atoms with Crippen molar-refractivity contribution in [3.05, 3.63) is 46.6 Å². The van der Waals surface area contributed by atoms with E-state index >= 15 is 0 Å². The third-order valence-corrected chi connectivity index (χ3v) is 5.15. The Labute approximate surface area is 181 Å². The van der Waals surface area contributed by atoms with Gasteiger partial charge in [0.15, 0.2) is 0 Å². The van der Waals surface area contributed by atoms with Crippen LogP contribution in [0.5, 0.6) is 0 Å². The van der Waals surface area contributed by atoms with Gasteiger partial charge in [0.05, 0.1) is 0 Å². The molecule has 0 saturated heterocycles. The summed E-state index contributed by atoms with van der Waals surface area (Å²) in [7, 11) is 0. The molecule has 0 aromatic rings. The molecule has 1 amide bonds. The van der Waals surface area contributed by atoms with Gasteiger partial charge >= 0.3 is 0 Å². The maximum Gasteiger partial charge on any atom is 0.243 e. The van der Waals surface area contributed by atoms with Crippen molar-refractivity contribution in [2.45, 2.75) is 87.0 Å². The van der Waals surface area contributed by atoms with E-state index in [1.54, 1.807) is 6.08 Å². The van der Waals surface area contributed by atoms with Crippen LogP contribution in [-0.4, -0.2) is 37.0 Å². The van der Waals surface area contributed by atoms with Gasteiger partial charge in [-0.2, -0.15) is 0 Å². The van der Waals surface area contributed by atoms with Crippen molar-refractivity contribution < 1.29 is 4.79 Å². The number of carbonyl (C=O) groups is 1. The zero-order chi connectivity index (χ0) is 22.1. The van der Waals surface area contributed by atoms with Gasteiger partial charge in [-0.15, -0.1) is 0 Å². The van der Waals surface area contributed by atoms with Crippen molar-refractivity contribution in [2.75, 3.05) is 26.2 Å². The molecule has 0 heterocycles. The van der Waals surface area contributed by atoms with Crippen molar-refractivity contribution in [1.82, 2.24) is 10.2 Å². The molecule has 0 aliphatic carbocycles. The van der Waals surface area contributed by atoms with E-state index in [4.69, 9.17) is 0 Å². The third-order valence-electron chi connectivity index (χ3n) is 5.15. The van der Waals surface area contributed by atoms with E-state index < -0.39 is 0 Å². The zero-order valence-corrected chi connectivity index (χ0v) is 20.2.